The zero-order valence-corrected chi connectivity index (χ0v) is 30.4. The number of aryl methyl sites for hydroxylation is 2. The lowest BCUT2D eigenvalue weighted by Gasteiger charge is -2.26. The molecule has 0 spiro atoms. The van der Waals surface area contributed by atoms with Gasteiger partial charge in [-0.2, -0.15) is 0 Å². The third-order valence-electron chi connectivity index (χ3n) is 8.56. The number of sulfonamides is 2. The number of fused-ring (bicyclic) bond motifs is 2. The lowest BCUT2D eigenvalue weighted by Crippen LogP contribution is -2.28. The second-order valence-electron chi connectivity index (χ2n) is 12.5. The fourth-order valence-electron chi connectivity index (χ4n) is 6.31. The number of anilines is 3. The van der Waals surface area contributed by atoms with Gasteiger partial charge in [0.25, 0.3) is 0 Å². The maximum Gasteiger partial charge on any atom is 0.241 e. The number of benzene rings is 4. The van der Waals surface area contributed by atoms with Gasteiger partial charge in [0, 0.05) is 42.0 Å². The molecule has 4 aromatic rings. The van der Waals surface area contributed by atoms with Crippen molar-refractivity contribution in [3.8, 4) is 11.5 Å². The van der Waals surface area contributed by atoms with Gasteiger partial charge in [-0.05, 0) is 55.0 Å². The molecular weight excluding hydrogens is 697 g/mol. The van der Waals surface area contributed by atoms with E-state index in [1.807, 2.05) is 13.8 Å². The van der Waals surface area contributed by atoms with Gasteiger partial charge in [-0.15, -0.1) is 0 Å². The van der Waals surface area contributed by atoms with Gasteiger partial charge < -0.3 is 26.0 Å². The van der Waals surface area contributed by atoms with Crippen molar-refractivity contribution in [2.75, 3.05) is 37.4 Å². The number of nitrogen functional groups attached to an aromatic ring is 1. The van der Waals surface area contributed by atoms with E-state index >= 15 is 0 Å². The Morgan fingerprint density at radius 3 is 1.96 bits per heavy atom. The Kier molecular flexibility index (Phi) is 10.7. The predicted octanol–water partition coefficient (Wildman–Crippen LogP) is 4.17. The maximum absolute atomic E-state index is 14.1. The molecule has 1 aliphatic rings. The molecule has 5 rings (SSSR count). The van der Waals surface area contributed by atoms with Crippen molar-refractivity contribution in [1.82, 2.24) is 9.44 Å². The van der Waals surface area contributed by atoms with E-state index < -0.39 is 44.8 Å². The van der Waals surface area contributed by atoms with Gasteiger partial charge in [-0.3, -0.25) is 9.59 Å². The fraction of sp³-hybridized carbons (Fsp3) is 0.278. The molecule has 51 heavy (non-hydrogen) atoms. The second kappa shape index (κ2) is 14.5. The summed E-state index contributed by atoms with van der Waals surface area (Å²) in [5.41, 5.74) is 8.90. The summed E-state index contributed by atoms with van der Waals surface area (Å²) in [4.78, 5) is 28.0. The first-order chi connectivity index (χ1) is 24.0. The minimum Gasteiger partial charge on any atom is -0.455 e. The van der Waals surface area contributed by atoms with E-state index in [0.29, 0.717) is 27.9 Å². The summed E-state index contributed by atoms with van der Waals surface area (Å²) >= 11 is 0. The molecule has 4 aromatic carbocycles. The maximum atomic E-state index is 14.1. The first-order valence-electron chi connectivity index (χ1n) is 16.1. The highest BCUT2D eigenvalue weighted by atomic mass is 32.2. The number of aliphatic hydroxyl groups is 2. The van der Waals surface area contributed by atoms with Gasteiger partial charge in [-0.1, -0.05) is 50.2 Å². The molecule has 0 bridgehead atoms. The molecule has 0 amide bonds. The quantitative estimate of drug-likeness (QED) is 0.0944. The SMILES string of the molecule is Cc1cc(C)c(S(=O)(=O)NCCO)c(C)c1Nc1cc(Oc2ccc(C(C)C)c(S(=O)(=O)NCCO)c2)c(N)c2c1C(=O)c1ccccc1C2=O. The number of rotatable bonds is 13. The van der Waals surface area contributed by atoms with Gasteiger partial charge in [0.2, 0.25) is 20.0 Å². The standard InChI is InChI=1S/C36H40N4O9S2/c1-19(2)24-11-10-23(17-29(24)50(45,46)38-12-14-41)49-28-18-27(30-31(32(28)37)35(44)26-9-7-6-8-25(26)34(30)43)40-33-20(3)16-21(4)36(22(33)5)51(47,48)39-13-15-42/h6-11,16-19,38-42H,12-15,37H2,1-5H3. The van der Waals surface area contributed by atoms with Crippen LogP contribution in [0.3, 0.4) is 0 Å². The van der Waals surface area contributed by atoms with Crippen LogP contribution in [0.5, 0.6) is 11.5 Å². The van der Waals surface area contributed by atoms with Crippen LogP contribution < -0.4 is 25.2 Å². The van der Waals surface area contributed by atoms with Crippen LogP contribution in [0.4, 0.5) is 17.1 Å². The number of hydrogen-bond donors (Lipinski definition) is 6. The Labute approximate surface area is 297 Å². The third kappa shape index (κ3) is 7.13. The Bertz CT molecular complexity index is 2290. The molecule has 0 fully saturated rings. The molecule has 0 heterocycles. The molecule has 0 saturated heterocycles. The number of nitrogens with one attached hydrogen (secondary N) is 3. The van der Waals surface area contributed by atoms with E-state index in [0.717, 1.165) is 0 Å². The van der Waals surface area contributed by atoms with E-state index in [9.17, 15) is 36.6 Å². The Balaban J connectivity index is 1.72. The number of ether oxygens (including phenoxy) is 1. The zero-order chi connectivity index (χ0) is 37.4. The summed E-state index contributed by atoms with van der Waals surface area (Å²) in [6.07, 6.45) is 0. The van der Waals surface area contributed by atoms with Crippen LogP contribution in [0.1, 0.15) is 73.9 Å². The molecule has 1 aliphatic carbocycles. The molecule has 0 radical (unpaired) electrons. The molecule has 0 saturated carbocycles. The van der Waals surface area contributed by atoms with Crippen molar-refractivity contribution < 1.29 is 41.4 Å². The summed E-state index contributed by atoms with van der Waals surface area (Å²) in [6, 6.07) is 13.9. The summed E-state index contributed by atoms with van der Waals surface area (Å²) in [6.45, 7) is 7.45. The summed E-state index contributed by atoms with van der Waals surface area (Å²) < 4.78 is 64.0. The van der Waals surface area contributed by atoms with E-state index in [1.54, 1.807) is 51.1 Å². The van der Waals surface area contributed by atoms with Crippen LogP contribution in [0, 0.1) is 20.8 Å². The second-order valence-corrected chi connectivity index (χ2v) is 15.9. The van der Waals surface area contributed by atoms with Crippen LogP contribution >= 0.6 is 0 Å². The zero-order valence-electron chi connectivity index (χ0n) is 28.7. The predicted molar refractivity (Wildman–Crippen MR) is 193 cm³/mol. The Hall–Kier alpha value is -4.64. The van der Waals surface area contributed by atoms with E-state index in [1.165, 1.54) is 24.3 Å². The summed E-state index contributed by atoms with van der Waals surface area (Å²) in [5, 5.41) is 21.7. The topological polar surface area (TPSA) is 214 Å². The number of aliphatic hydroxyl groups excluding tert-OH is 2. The minimum absolute atomic E-state index is 0.0219. The highest BCUT2D eigenvalue weighted by Gasteiger charge is 2.36. The minimum atomic E-state index is -4.07. The first kappa shape index (κ1) is 37.6. The molecule has 13 nitrogen and oxygen atoms in total. The highest BCUT2D eigenvalue weighted by Crippen LogP contribution is 2.44. The van der Waals surface area contributed by atoms with Crippen molar-refractivity contribution in [3.05, 3.63) is 99.1 Å². The van der Waals surface area contributed by atoms with Gasteiger partial charge in [0.05, 0.1) is 45.5 Å². The van der Waals surface area contributed by atoms with E-state index in [2.05, 4.69) is 14.8 Å². The summed E-state index contributed by atoms with van der Waals surface area (Å²) in [5.74, 6) is -1.23. The molecule has 0 aliphatic heterocycles. The van der Waals surface area contributed by atoms with Crippen molar-refractivity contribution in [1.29, 1.82) is 0 Å². The van der Waals surface area contributed by atoms with Crippen LogP contribution in [0.2, 0.25) is 0 Å². The van der Waals surface area contributed by atoms with E-state index in [4.69, 9.17) is 10.5 Å². The van der Waals surface area contributed by atoms with Crippen LogP contribution in [-0.2, 0) is 20.0 Å². The molecule has 0 aromatic heterocycles. The number of carbonyl (C=O) groups excluding carboxylic acids is 2. The molecule has 15 heteroatoms. The monoisotopic (exact) mass is 736 g/mol. The summed E-state index contributed by atoms with van der Waals surface area (Å²) in [7, 11) is -8.14. The molecule has 7 N–H and O–H groups in total. The van der Waals surface area contributed by atoms with Gasteiger partial charge >= 0.3 is 0 Å². The average molecular weight is 737 g/mol. The lowest BCUT2D eigenvalue weighted by atomic mass is 9.82. The number of hydrogen-bond acceptors (Lipinski definition) is 11. The Morgan fingerprint density at radius 1 is 0.784 bits per heavy atom. The number of carbonyl (C=O) groups is 2. The van der Waals surface area contributed by atoms with Gasteiger partial charge in [-0.25, -0.2) is 26.3 Å². The van der Waals surface area contributed by atoms with Crippen molar-refractivity contribution in [2.45, 2.75) is 50.3 Å². The van der Waals surface area contributed by atoms with Crippen molar-refractivity contribution >= 4 is 48.7 Å². The smallest absolute Gasteiger partial charge is 0.241 e. The Morgan fingerprint density at radius 2 is 1.37 bits per heavy atom. The number of nitrogens with two attached hydrogens (primary N) is 1. The van der Waals surface area contributed by atoms with Crippen molar-refractivity contribution in [2.24, 2.45) is 0 Å². The van der Waals surface area contributed by atoms with Crippen LogP contribution in [0.25, 0.3) is 0 Å². The molecule has 0 atom stereocenters. The fourth-order valence-corrected chi connectivity index (χ4v) is 9.20. The first-order valence-corrected chi connectivity index (χ1v) is 19.1. The van der Waals surface area contributed by atoms with Gasteiger partial charge in [0.1, 0.15) is 5.75 Å². The molecule has 0 unspecified atom stereocenters. The normalized spacial score (nSPS) is 12.9. The van der Waals surface area contributed by atoms with Crippen LogP contribution in [-0.4, -0.2) is 64.9 Å². The average Bonchev–Trinajstić information content (AvgIpc) is 3.08. The largest absolute Gasteiger partial charge is 0.455 e. The van der Waals surface area contributed by atoms with E-state index in [-0.39, 0.29) is 73.9 Å². The van der Waals surface area contributed by atoms with Gasteiger partial charge in [0.15, 0.2) is 17.3 Å². The molecular formula is C36H40N4O9S2. The lowest BCUT2D eigenvalue weighted by molar-refractivity contribution is 0.0980. The number of ketones is 2. The van der Waals surface area contributed by atoms with Crippen molar-refractivity contribution in [3.63, 3.8) is 0 Å². The third-order valence-corrected chi connectivity index (χ3v) is 11.8. The van der Waals surface area contributed by atoms with Crippen LogP contribution in [0.15, 0.2) is 64.4 Å². The molecule has 270 valence electrons. The highest BCUT2D eigenvalue weighted by molar-refractivity contribution is 7.89.